The van der Waals surface area contributed by atoms with Crippen LogP contribution >= 0.6 is 0 Å². The van der Waals surface area contributed by atoms with Gasteiger partial charge in [0.05, 0.1) is 10.6 Å². The lowest BCUT2D eigenvalue weighted by atomic mass is 10.2. The van der Waals surface area contributed by atoms with Crippen molar-refractivity contribution in [2.45, 2.75) is 18.4 Å². The molecule has 1 aromatic heterocycles. The summed E-state index contributed by atoms with van der Waals surface area (Å²) < 4.78 is 36.5. The summed E-state index contributed by atoms with van der Waals surface area (Å²) in [5.74, 6) is -0.488. The van der Waals surface area contributed by atoms with Crippen molar-refractivity contribution in [2.75, 3.05) is 11.6 Å². The number of pyridine rings is 1. The smallest absolute Gasteiger partial charge is 0.175 e. The first-order chi connectivity index (χ1) is 9.36. The Morgan fingerprint density at radius 3 is 2.60 bits per heavy atom. The number of rotatable bonds is 4. The molecule has 2 aromatic rings. The van der Waals surface area contributed by atoms with Gasteiger partial charge in [-0.3, -0.25) is 4.98 Å². The van der Waals surface area contributed by atoms with Crippen molar-refractivity contribution in [1.82, 2.24) is 4.98 Å². The van der Waals surface area contributed by atoms with E-state index in [9.17, 15) is 12.8 Å². The molecule has 0 saturated heterocycles. The maximum Gasteiger partial charge on any atom is 0.175 e. The van der Waals surface area contributed by atoms with Crippen LogP contribution in [0.1, 0.15) is 11.3 Å². The van der Waals surface area contributed by atoms with Gasteiger partial charge in [-0.25, -0.2) is 12.8 Å². The van der Waals surface area contributed by atoms with E-state index in [0.717, 1.165) is 23.6 Å². The molecule has 0 saturated carbocycles. The minimum atomic E-state index is -3.35. The van der Waals surface area contributed by atoms with Crippen molar-refractivity contribution >= 4 is 15.5 Å². The van der Waals surface area contributed by atoms with E-state index in [1.807, 2.05) is 19.1 Å². The summed E-state index contributed by atoms with van der Waals surface area (Å²) in [6.07, 6.45) is 2.79. The van der Waals surface area contributed by atoms with Crippen LogP contribution in [0.2, 0.25) is 0 Å². The van der Waals surface area contributed by atoms with Crippen LogP contribution in [0, 0.1) is 12.7 Å². The van der Waals surface area contributed by atoms with Gasteiger partial charge in [-0.1, -0.05) is 6.07 Å². The zero-order valence-electron chi connectivity index (χ0n) is 11.2. The zero-order chi connectivity index (χ0) is 14.8. The highest BCUT2D eigenvalue weighted by molar-refractivity contribution is 7.90. The van der Waals surface area contributed by atoms with Gasteiger partial charge < -0.3 is 5.32 Å². The number of aryl methyl sites for hydroxylation is 1. The van der Waals surface area contributed by atoms with Gasteiger partial charge in [-0.2, -0.15) is 0 Å². The maximum absolute atomic E-state index is 13.7. The van der Waals surface area contributed by atoms with Gasteiger partial charge in [0.1, 0.15) is 5.82 Å². The van der Waals surface area contributed by atoms with Crippen LogP contribution in [0.4, 0.5) is 10.1 Å². The van der Waals surface area contributed by atoms with Gasteiger partial charge in [0, 0.05) is 24.7 Å². The van der Waals surface area contributed by atoms with Crippen LogP contribution in [0.15, 0.2) is 41.4 Å². The quantitative estimate of drug-likeness (QED) is 0.880. The van der Waals surface area contributed by atoms with E-state index in [0.29, 0.717) is 6.54 Å². The van der Waals surface area contributed by atoms with Crippen molar-refractivity contribution < 1.29 is 12.8 Å². The number of halogens is 1. The number of sulfone groups is 1. The average molecular weight is 294 g/mol. The molecule has 4 nitrogen and oxygen atoms in total. The molecule has 0 fully saturated rings. The molecule has 20 heavy (non-hydrogen) atoms. The van der Waals surface area contributed by atoms with E-state index < -0.39 is 15.7 Å². The Morgan fingerprint density at radius 2 is 2.00 bits per heavy atom. The predicted octanol–water partition coefficient (Wildman–Crippen LogP) is 2.54. The summed E-state index contributed by atoms with van der Waals surface area (Å²) in [6.45, 7) is 2.25. The molecule has 1 N–H and O–H groups in total. The van der Waals surface area contributed by atoms with E-state index in [1.165, 1.54) is 12.1 Å². The number of hydrogen-bond donors (Lipinski definition) is 1. The van der Waals surface area contributed by atoms with Gasteiger partial charge in [0.15, 0.2) is 9.84 Å². The summed E-state index contributed by atoms with van der Waals surface area (Å²) in [5.41, 5.74) is 1.95. The molecule has 1 aromatic carbocycles. The highest BCUT2D eigenvalue weighted by atomic mass is 32.2. The van der Waals surface area contributed by atoms with E-state index >= 15 is 0 Å². The van der Waals surface area contributed by atoms with Crippen LogP contribution in [0.25, 0.3) is 0 Å². The summed E-state index contributed by atoms with van der Waals surface area (Å²) in [4.78, 5) is 4.23. The van der Waals surface area contributed by atoms with Gasteiger partial charge >= 0.3 is 0 Å². The van der Waals surface area contributed by atoms with Crippen LogP contribution in [-0.2, 0) is 16.4 Å². The first kappa shape index (κ1) is 14.5. The van der Waals surface area contributed by atoms with Crippen molar-refractivity contribution in [3.63, 3.8) is 0 Å². The fourth-order valence-electron chi connectivity index (χ4n) is 1.67. The minimum Gasteiger partial charge on any atom is -0.379 e. The Hall–Kier alpha value is -1.95. The molecule has 0 aliphatic heterocycles. The summed E-state index contributed by atoms with van der Waals surface area (Å²) in [5, 5.41) is 2.88. The van der Waals surface area contributed by atoms with Crippen molar-refractivity contribution in [2.24, 2.45) is 0 Å². The molecule has 1 heterocycles. The molecular formula is C14H15FN2O2S. The normalized spacial score (nSPS) is 11.3. The Morgan fingerprint density at radius 1 is 1.25 bits per heavy atom. The molecule has 6 heteroatoms. The molecule has 0 unspecified atom stereocenters. The lowest BCUT2D eigenvalue weighted by Gasteiger charge is -2.09. The molecular weight excluding hydrogens is 279 g/mol. The SMILES string of the molecule is Cc1ccc(CNc2cc(S(C)(=O)=O)ccc2F)cn1. The third kappa shape index (κ3) is 3.54. The number of benzene rings is 1. The molecule has 0 aliphatic rings. The number of nitrogens with zero attached hydrogens (tertiary/aromatic N) is 1. The minimum absolute atomic E-state index is 0.0865. The van der Waals surface area contributed by atoms with Crippen LogP contribution in [0.3, 0.4) is 0 Å². The second-order valence-corrected chi connectivity index (χ2v) is 6.59. The van der Waals surface area contributed by atoms with E-state index in [4.69, 9.17) is 0 Å². The summed E-state index contributed by atoms with van der Waals surface area (Å²) in [6, 6.07) is 7.44. The highest BCUT2D eigenvalue weighted by Crippen LogP contribution is 2.20. The zero-order valence-corrected chi connectivity index (χ0v) is 12.0. The molecule has 0 radical (unpaired) electrons. The largest absolute Gasteiger partial charge is 0.379 e. The molecule has 0 bridgehead atoms. The topological polar surface area (TPSA) is 59.1 Å². The Bertz CT molecular complexity index is 712. The second-order valence-electron chi connectivity index (χ2n) is 4.58. The van der Waals surface area contributed by atoms with E-state index in [1.54, 1.807) is 6.20 Å². The average Bonchev–Trinajstić information content (AvgIpc) is 2.38. The Kier molecular flexibility index (Phi) is 4.04. The van der Waals surface area contributed by atoms with Crippen molar-refractivity contribution in [1.29, 1.82) is 0 Å². The van der Waals surface area contributed by atoms with Crippen LogP contribution < -0.4 is 5.32 Å². The maximum atomic E-state index is 13.7. The summed E-state index contributed by atoms with van der Waals surface area (Å²) in [7, 11) is -3.35. The summed E-state index contributed by atoms with van der Waals surface area (Å²) >= 11 is 0. The lowest BCUT2D eigenvalue weighted by Crippen LogP contribution is -2.04. The third-order valence-corrected chi connectivity index (χ3v) is 3.93. The number of hydrogen-bond acceptors (Lipinski definition) is 4. The van der Waals surface area contributed by atoms with Crippen LogP contribution in [-0.4, -0.2) is 19.7 Å². The number of nitrogens with one attached hydrogen (secondary N) is 1. The Balaban J connectivity index is 2.19. The number of anilines is 1. The molecule has 0 aliphatic carbocycles. The van der Waals surface area contributed by atoms with Crippen LogP contribution in [0.5, 0.6) is 0 Å². The molecule has 2 rings (SSSR count). The van der Waals surface area contributed by atoms with Gasteiger partial charge in [-0.15, -0.1) is 0 Å². The van der Waals surface area contributed by atoms with E-state index in [2.05, 4.69) is 10.3 Å². The molecule has 0 spiro atoms. The van der Waals surface area contributed by atoms with Gasteiger partial charge in [-0.05, 0) is 36.8 Å². The standard InChI is InChI=1S/C14H15FN2O2S/c1-10-3-4-11(8-16-10)9-17-14-7-12(20(2,18)19)5-6-13(14)15/h3-8,17H,9H2,1-2H3. The first-order valence-corrected chi connectivity index (χ1v) is 7.90. The predicted molar refractivity (Wildman–Crippen MR) is 75.8 cm³/mol. The first-order valence-electron chi connectivity index (χ1n) is 6.01. The lowest BCUT2D eigenvalue weighted by molar-refractivity contribution is 0.600. The van der Waals surface area contributed by atoms with E-state index in [-0.39, 0.29) is 10.6 Å². The third-order valence-electron chi connectivity index (χ3n) is 2.82. The van der Waals surface area contributed by atoms with Gasteiger partial charge in [0.25, 0.3) is 0 Å². The second kappa shape index (κ2) is 5.58. The molecule has 0 atom stereocenters. The Labute approximate surface area is 117 Å². The van der Waals surface area contributed by atoms with Gasteiger partial charge in [0.2, 0.25) is 0 Å². The van der Waals surface area contributed by atoms with Crippen molar-refractivity contribution in [3.05, 3.63) is 53.6 Å². The molecule has 0 amide bonds. The fourth-order valence-corrected chi connectivity index (χ4v) is 2.32. The fraction of sp³-hybridized carbons (Fsp3) is 0.214. The monoisotopic (exact) mass is 294 g/mol. The number of aromatic nitrogens is 1. The highest BCUT2D eigenvalue weighted by Gasteiger charge is 2.10. The van der Waals surface area contributed by atoms with Crippen molar-refractivity contribution in [3.8, 4) is 0 Å². The molecule has 106 valence electrons.